The van der Waals surface area contributed by atoms with Gasteiger partial charge in [-0.15, -0.1) is 0 Å². The molecule has 1 aromatic rings. The summed E-state index contributed by atoms with van der Waals surface area (Å²) in [6, 6.07) is 1.84. The normalized spacial score (nSPS) is 29.5. The van der Waals surface area contributed by atoms with Crippen LogP contribution in [0.3, 0.4) is 0 Å². The second-order valence-corrected chi connectivity index (χ2v) is 5.36. The third-order valence-electron chi connectivity index (χ3n) is 4.11. The average molecular weight is 264 g/mol. The van der Waals surface area contributed by atoms with Gasteiger partial charge in [0.25, 0.3) is 11.6 Å². The number of aromatic nitrogens is 1. The number of carbonyl (C=O) groups excluding carboxylic acids is 1. The van der Waals surface area contributed by atoms with E-state index in [2.05, 4.69) is 4.98 Å². The van der Waals surface area contributed by atoms with E-state index in [4.69, 9.17) is 5.73 Å². The topological polar surface area (TPSA) is 105 Å². The summed E-state index contributed by atoms with van der Waals surface area (Å²) in [5.41, 5.74) is 6.18. The molecule has 0 radical (unpaired) electrons. The standard InChI is InChI=1S/C12H16N4O3/c13-7-3-8-1-2-9(4-7)15(8)12(17)11-5-10(6-14-11)16(18)19/h5-9,14H,1-4,13H2. The summed E-state index contributed by atoms with van der Waals surface area (Å²) in [6.45, 7) is 0. The van der Waals surface area contributed by atoms with Gasteiger partial charge in [0.1, 0.15) is 5.69 Å². The first-order chi connectivity index (χ1) is 9.06. The van der Waals surface area contributed by atoms with Crippen LogP contribution in [0.15, 0.2) is 12.3 Å². The molecule has 2 bridgehead atoms. The van der Waals surface area contributed by atoms with Crippen molar-refractivity contribution in [2.24, 2.45) is 5.73 Å². The molecule has 0 aliphatic carbocycles. The first-order valence-electron chi connectivity index (χ1n) is 6.47. The van der Waals surface area contributed by atoms with E-state index in [9.17, 15) is 14.9 Å². The zero-order valence-corrected chi connectivity index (χ0v) is 10.4. The fourth-order valence-corrected chi connectivity index (χ4v) is 3.30. The van der Waals surface area contributed by atoms with Gasteiger partial charge in [-0.2, -0.15) is 0 Å². The van der Waals surface area contributed by atoms with Gasteiger partial charge in [-0.05, 0) is 25.7 Å². The van der Waals surface area contributed by atoms with E-state index in [0.717, 1.165) is 25.7 Å². The summed E-state index contributed by atoms with van der Waals surface area (Å²) >= 11 is 0. The largest absolute Gasteiger partial charge is 0.351 e. The highest BCUT2D eigenvalue weighted by Crippen LogP contribution is 2.36. The van der Waals surface area contributed by atoms with Crippen LogP contribution in [0.2, 0.25) is 0 Å². The molecule has 3 N–H and O–H groups in total. The Hall–Kier alpha value is -1.89. The lowest BCUT2D eigenvalue weighted by molar-refractivity contribution is -0.384. The fraction of sp³-hybridized carbons (Fsp3) is 0.583. The summed E-state index contributed by atoms with van der Waals surface area (Å²) in [7, 11) is 0. The third kappa shape index (κ3) is 1.99. The molecule has 19 heavy (non-hydrogen) atoms. The van der Waals surface area contributed by atoms with Gasteiger partial charge in [0.15, 0.2) is 0 Å². The summed E-state index contributed by atoms with van der Waals surface area (Å²) < 4.78 is 0. The van der Waals surface area contributed by atoms with Crippen molar-refractivity contribution in [2.75, 3.05) is 0 Å². The van der Waals surface area contributed by atoms with E-state index in [1.165, 1.54) is 12.3 Å². The fourth-order valence-electron chi connectivity index (χ4n) is 3.30. The molecule has 2 saturated heterocycles. The molecule has 0 saturated carbocycles. The predicted octanol–water partition coefficient (Wildman–Crippen LogP) is 1.02. The maximum atomic E-state index is 12.4. The van der Waals surface area contributed by atoms with Gasteiger partial charge < -0.3 is 15.6 Å². The lowest BCUT2D eigenvalue weighted by Crippen LogP contribution is -2.50. The summed E-state index contributed by atoms with van der Waals surface area (Å²) in [5, 5.41) is 10.6. The number of piperidine rings is 1. The number of nitro groups is 1. The smallest absolute Gasteiger partial charge is 0.287 e. The van der Waals surface area contributed by atoms with E-state index >= 15 is 0 Å². The number of nitrogens with two attached hydrogens (primary N) is 1. The lowest BCUT2D eigenvalue weighted by Gasteiger charge is -2.37. The zero-order valence-electron chi connectivity index (χ0n) is 10.4. The molecule has 2 atom stereocenters. The molecular formula is C12H16N4O3. The molecule has 7 nitrogen and oxygen atoms in total. The quantitative estimate of drug-likeness (QED) is 0.614. The number of amides is 1. The average Bonchev–Trinajstić information content (AvgIpc) is 2.93. The van der Waals surface area contributed by atoms with Gasteiger partial charge in [-0.3, -0.25) is 14.9 Å². The molecular weight excluding hydrogens is 248 g/mol. The Morgan fingerprint density at radius 1 is 1.42 bits per heavy atom. The molecule has 2 aliphatic rings. The highest BCUT2D eigenvalue weighted by molar-refractivity contribution is 5.94. The Balaban J connectivity index is 1.82. The van der Waals surface area contributed by atoms with Gasteiger partial charge in [-0.25, -0.2) is 0 Å². The molecule has 1 amide bonds. The van der Waals surface area contributed by atoms with Crippen molar-refractivity contribution >= 4 is 11.6 Å². The van der Waals surface area contributed by atoms with Crippen LogP contribution in [0.25, 0.3) is 0 Å². The molecule has 7 heteroatoms. The van der Waals surface area contributed by atoms with Crippen molar-refractivity contribution in [1.29, 1.82) is 0 Å². The number of nitrogens with one attached hydrogen (secondary N) is 1. The number of hydrogen-bond donors (Lipinski definition) is 2. The summed E-state index contributed by atoms with van der Waals surface area (Å²) in [6.07, 6.45) is 4.86. The van der Waals surface area contributed by atoms with Crippen LogP contribution in [-0.2, 0) is 0 Å². The van der Waals surface area contributed by atoms with Gasteiger partial charge in [0.2, 0.25) is 0 Å². The highest BCUT2D eigenvalue weighted by Gasteiger charge is 2.42. The van der Waals surface area contributed by atoms with Gasteiger partial charge in [-0.1, -0.05) is 0 Å². The van der Waals surface area contributed by atoms with Gasteiger partial charge >= 0.3 is 0 Å². The molecule has 2 unspecified atom stereocenters. The number of fused-ring (bicyclic) bond motifs is 2. The Morgan fingerprint density at radius 2 is 2.05 bits per heavy atom. The van der Waals surface area contributed by atoms with Crippen molar-refractivity contribution in [3.63, 3.8) is 0 Å². The lowest BCUT2D eigenvalue weighted by atomic mass is 9.98. The molecule has 2 aliphatic heterocycles. The molecule has 1 aromatic heterocycles. The molecule has 0 spiro atoms. The Kier molecular flexibility index (Phi) is 2.78. The summed E-state index contributed by atoms with van der Waals surface area (Å²) in [4.78, 5) is 27.1. The zero-order chi connectivity index (χ0) is 13.6. The van der Waals surface area contributed by atoms with Crippen molar-refractivity contribution in [1.82, 2.24) is 9.88 Å². The second kappa shape index (κ2) is 4.34. The van der Waals surface area contributed by atoms with Crippen molar-refractivity contribution in [3.8, 4) is 0 Å². The Bertz CT molecular complexity index is 513. The minimum atomic E-state index is -0.506. The first-order valence-corrected chi connectivity index (χ1v) is 6.47. The minimum Gasteiger partial charge on any atom is -0.351 e. The van der Waals surface area contributed by atoms with Crippen LogP contribution in [0.1, 0.15) is 36.2 Å². The monoisotopic (exact) mass is 264 g/mol. The molecule has 3 rings (SSSR count). The van der Waals surface area contributed by atoms with Crippen LogP contribution < -0.4 is 5.73 Å². The number of carbonyl (C=O) groups is 1. The second-order valence-electron chi connectivity index (χ2n) is 5.36. The maximum absolute atomic E-state index is 12.4. The van der Waals surface area contributed by atoms with Crippen molar-refractivity contribution in [3.05, 3.63) is 28.1 Å². The van der Waals surface area contributed by atoms with Gasteiger partial charge in [0, 0.05) is 24.2 Å². The number of hydrogen-bond acceptors (Lipinski definition) is 4. The predicted molar refractivity (Wildman–Crippen MR) is 67.6 cm³/mol. The van der Waals surface area contributed by atoms with Gasteiger partial charge in [0.05, 0.1) is 11.1 Å². The summed E-state index contributed by atoms with van der Waals surface area (Å²) in [5.74, 6) is -0.146. The van der Waals surface area contributed by atoms with E-state index < -0.39 is 4.92 Å². The maximum Gasteiger partial charge on any atom is 0.287 e. The Labute approximate surface area is 109 Å². The van der Waals surface area contributed by atoms with Crippen LogP contribution in [0.5, 0.6) is 0 Å². The van der Waals surface area contributed by atoms with Crippen molar-refractivity contribution < 1.29 is 9.72 Å². The van der Waals surface area contributed by atoms with E-state index in [1.807, 2.05) is 4.90 Å². The third-order valence-corrected chi connectivity index (χ3v) is 4.11. The number of H-pyrrole nitrogens is 1. The molecule has 2 fully saturated rings. The minimum absolute atomic E-state index is 0.0793. The number of aromatic amines is 1. The van der Waals surface area contributed by atoms with Crippen LogP contribution in [0, 0.1) is 10.1 Å². The molecule has 3 heterocycles. The first kappa shape index (κ1) is 12.2. The SMILES string of the molecule is NC1CC2CCC(C1)N2C(=O)c1cc([N+](=O)[O-])c[nH]1. The van der Waals surface area contributed by atoms with E-state index in [0.29, 0.717) is 5.69 Å². The van der Waals surface area contributed by atoms with Crippen LogP contribution in [0.4, 0.5) is 5.69 Å². The van der Waals surface area contributed by atoms with Crippen molar-refractivity contribution in [2.45, 2.75) is 43.8 Å². The molecule has 0 aromatic carbocycles. The van der Waals surface area contributed by atoms with Crippen LogP contribution in [-0.4, -0.2) is 38.8 Å². The van der Waals surface area contributed by atoms with E-state index in [1.54, 1.807) is 0 Å². The van der Waals surface area contributed by atoms with Crippen LogP contribution >= 0.6 is 0 Å². The molecule has 102 valence electrons. The highest BCUT2D eigenvalue weighted by atomic mass is 16.6. The number of rotatable bonds is 2. The van der Waals surface area contributed by atoms with E-state index in [-0.39, 0.29) is 29.7 Å². The Morgan fingerprint density at radius 3 is 2.58 bits per heavy atom. The number of nitrogens with zero attached hydrogens (tertiary/aromatic N) is 2.